The standard InChI is InChI=1S/C21H22N2O2S/c1-24-19-9-8-16(12-20(19)25-17-6-2-3-7-17)18-14-26-21(23-18)11-15-5-4-10-22-13-15/h4-5,8-10,12-14,17H,2-3,6-7,11H2,1H3. The molecule has 2 aromatic heterocycles. The summed E-state index contributed by atoms with van der Waals surface area (Å²) >= 11 is 1.68. The molecule has 4 nitrogen and oxygen atoms in total. The summed E-state index contributed by atoms with van der Waals surface area (Å²) in [7, 11) is 1.69. The van der Waals surface area contributed by atoms with Crippen molar-refractivity contribution in [2.24, 2.45) is 0 Å². The van der Waals surface area contributed by atoms with Crippen molar-refractivity contribution in [3.8, 4) is 22.8 Å². The minimum atomic E-state index is 0.302. The largest absolute Gasteiger partial charge is 0.493 e. The van der Waals surface area contributed by atoms with Crippen LogP contribution in [0.4, 0.5) is 0 Å². The molecule has 0 saturated heterocycles. The lowest BCUT2D eigenvalue weighted by Crippen LogP contribution is -2.11. The summed E-state index contributed by atoms with van der Waals surface area (Å²) in [5, 5.41) is 3.19. The fraction of sp³-hybridized carbons (Fsp3) is 0.333. The van der Waals surface area contributed by atoms with Crippen molar-refractivity contribution in [3.63, 3.8) is 0 Å². The Morgan fingerprint density at radius 3 is 2.81 bits per heavy atom. The van der Waals surface area contributed by atoms with E-state index < -0.39 is 0 Å². The van der Waals surface area contributed by atoms with Crippen molar-refractivity contribution >= 4 is 11.3 Å². The van der Waals surface area contributed by atoms with Gasteiger partial charge in [0, 0.05) is 29.8 Å². The van der Waals surface area contributed by atoms with Crippen LogP contribution < -0.4 is 9.47 Å². The van der Waals surface area contributed by atoms with Crippen molar-refractivity contribution in [1.82, 2.24) is 9.97 Å². The van der Waals surface area contributed by atoms with Crippen LogP contribution >= 0.6 is 11.3 Å². The highest BCUT2D eigenvalue weighted by molar-refractivity contribution is 7.10. The number of rotatable bonds is 6. The zero-order valence-electron chi connectivity index (χ0n) is 14.9. The number of pyridine rings is 1. The second-order valence-electron chi connectivity index (χ2n) is 6.55. The molecule has 2 heterocycles. The molecule has 0 aliphatic heterocycles. The summed E-state index contributed by atoms with van der Waals surface area (Å²) in [5.41, 5.74) is 3.22. The van der Waals surface area contributed by atoms with Gasteiger partial charge in [-0.25, -0.2) is 4.98 Å². The Morgan fingerprint density at radius 2 is 2.04 bits per heavy atom. The molecule has 26 heavy (non-hydrogen) atoms. The van der Waals surface area contributed by atoms with E-state index in [2.05, 4.69) is 22.5 Å². The Balaban J connectivity index is 1.55. The third-order valence-electron chi connectivity index (χ3n) is 4.69. The van der Waals surface area contributed by atoms with Crippen LogP contribution in [0, 0.1) is 0 Å². The van der Waals surface area contributed by atoms with Crippen LogP contribution in [-0.4, -0.2) is 23.2 Å². The number of benzene rings is 1. The number of thiazole rings is 1. The number of methoxy groups -OCH3 is 1. The third kappa shape index (κ3) is 3.88. The van der Waals surface area contributed by atoms with Gasteiger partial charge in [-0.3, -0.25) is 4.98 Å². The van der Waals surface area contributed by atoms with Crippen molar-refractivity contribution in [3.05, 3.63) is 58.7 Å². The Hall–Kier alpha value is -2.40. The third-order valence-corrected chi connectivity index (χ3v) is 5.53. The summed E-state index contributed by atoms with van der Waals surface area (Å²) in [6.45, 7) is 0. The van der Waals surface area contributed by atoms with Crippen LogP contribution in [0.15, 0.2) is 48.1 Å². The second kappa shape index (κ2) is 7.87. The van der Waals surface area contributed by atoms with E-state index >= 15 is 0 Å². The maximum absolute atomic E-state index is 6.20. The van der Waals surface area contributed by atoms with Crippen molar-refractivity contribution in [2.45, 2.75) is 38.2 Å². The first-order chi connectivity index (χ1) is 12.8. The Kier molecular flexibility index (Phi) is 5.16. The van der Waals surface area contributed by atoms with Crippen molar-refractivity contribution in [1.29, 1.82) is 0 Å². The normalized spacial score (nSPS) is 14.5. The lowest BCUT2D eigenvalue weighted by molar-refractivity contribution is 0.201. The molecule has 0 spiro atoms. The van der Waals surface area contributed by atoms with E-state index in [-0.39, 0.29) is 0 Å². The predicted molar refractivity (Wildman–Crippen MR) is 104 cm³/mol. The van der Waals surface area contributed by atoms with Gasteiger partial charge in [0.25, 0.3) is 0 Å². The summed E-state index contributed by atoms with van der Waals surface area (Å²) in [6, 6.07) is 10.1. The highest BCUT2D eigenvalue weighted by Gasteiger charge is 2.19. The highest BCUT2D eigenvalue weighted by atomic mass is 32.1. The lowest BCUT2D eigenvalue weighted by atomic mass is 10.1. The molecule has 1 fully saturated rings. The maximum Gasteiger partial charge on any atom is 0.162 e. The smallest absolute Gasteiger partial charge is 0.162 e. The van der Waals surface area contributed by atoms with Gasteiger partial charge in [-0.1, -0.05) is 6.07 Å². The van der Waals surface area contributed by atoms with Gasteiger partial charge < -0.3 is 9.47 Å². The number of hydrogen-bond acceptors (Lipinski definition) is 5. The van der Waals surface area contributed by atoms with Gasteiger partial charge in [0.05, 0.1) is 23.9 Å². The molecule has 0 atom stereocenters. The molecule has 0 bridgehead atoms. The molecule has 1 aliphatic carbocycles. The summed E-state index contributed by atoms with van der Waals surface area (Å²) < 4.78 is 11.7. The molecule has 0 unspecified atom stereocenters. The Bertz CT molecular complexity index is 857. The molecule has 0 radical (unpaired) electrons. The van der Waals surface area contributed by atoms with E-state index in [9.17, 15) is 0 Å². The fourth-order valence-electron chi connectivity index (χ4n) is 3.32. The van der Waals surface area contributed by atoms with Gasteiger partial charge >= 0.3 is 0 Å². The van der Waals surface area contributed by atoms with Crippen molar-refractivity contribution in [2.75, 3.05) is 7.11 Å². The Labute approximate surface area is 157 Å². The monoisotopic (exact) mass is 366 g/mol. The zero-order chi connectivity index (χ0) is 17.8. The van der Waals surface area contributed by atoms with Gasteiger partial charge in [-0.2, -0.15) is 0 Å². The quantitative estimate of drug-likeness (QED) is 0.607. The number of hydrogen-bond donors (Lipinski definition) is 0. The predicted octanol–water partition coefficient (Wildman–Crippen LogP) is 5.13. The van der Waals surface area contributed by atoms with Crippen molar-refractivity contribution < 1.29 is 9.47 Å². The topological polar surface area (TPSA) is 44.2 Å². The maximum atomic E-state index is 6.20. The zero-order valence-corrected chi connectivity index (χ0v) is 15.7. The van der Waals surface area contributed by atoms with Gasteiger partial charge in [-0.15, -0.1) is 11.3 Å². The lowest BCUT2D eigenvalue weighted by Gasteiger charge is -2.16. The first kappa shape index (κ1) is 17.0. The first-order valence-corrected chi connectivity index (χ1v) is 9.88. The average molecular weight is 366 g/mol. The molecule has 5 heteroatoms. The van der Waals surface area contributed by atoms with Crippen LogP contribution in [0.1, 0.15) is 36.3 Å². The summed E-state index contributed by atoms with van der Waals surface area (Å²) in [4.78, 5) is 8.97. The average Bonchev–Trinajstić information content (AvgIpc) is 3.35. The second-order valence-corrected chi connectivity index (χ2v) is 7.50. The van der Waals surface area contributed by atoms with E-state index in [0.717, 1.165) is 47.0 Å². The molecule has 0 N–H and O–H groups in total. The minimum absolute atomic E-state index is 0.302. The summed E-state index contributed by atoms with van der Waals surface area (Å²) in [6.07, 6.45) is 9.53. The van der Waals surface area contributed by atoms with E-state index in [0.29, 0.717) is 6.10 Å². The summed E-state index contributed by atoms with van der Waals surface area (Å²) in [5.74, 6) is 1.60. The van der Waals surface area contributed by atoms with E-state index in [1.54, 1.807) is 24.6 Å². The van der Waals surface area contributed by atoms with Crippen LogP contribution in [-0.2, 0) is 6.42 Å². The molecule has 134 valence electrons. The molecular formula is C21H22N2O2S. The molecule has 4 rings (SSSR count). The number of ether oxygens (including phenoxy) is 2. The van der Waals surface area contributed by atoms with Gasteiger partial charge in [0.2, 0.25) is 0 Å². The van der Waals surface area contributed by atoms with Crippen LogP contribution in [0.25, 0.3) is 11.3 Å². The van der Waals surface area contributed by atoms with Gasteiger partial charge in [0.15, 0.2) is 11.5 Å². The van der Waals surface area contributed by atoms with E-state index in [1.165, 1.54) is 18.4 Å². The van der Waals surface area contributed by atoms with Gasteiger partial charge in [-0.05, 0) is 55.5 Å². The minimum Gasteiger partial charge on any atom is -0.493 e. The van der Waals surface area contributed by atoms with Gasteiger partial charge in [0.1, 0.15) is 0 Å². The van der Waals surface area contributed by atoms with E-state index in [1.807, 2.05) is 24.4 Å². The highest BCUT2D eigenvalue weighted by Crippen LogP contribution is 2.35. The fourth-order valence-corrected chi connectivity index (χ4v) is 4.15. The van der Waals surface area contributed by atoms with Crippen LogP contribution in [0.3, 0.4) is 0 Å². The molecular weight excluding hydrogens is 344 g/mol. The van der Waals surface area contributed by atoms with Crippen LogP contribution in [0.2, 0.25) is 0 Å². The van der Waals surface area contributed by atoms with Crippen LogP contribution in [0.5, 0.6) is 11.5 Å². The molecule has 1 aromatic carbocycles. The molecule has 1 saturated carbocycles. The SMILES string of the molecule is COc1ccc(-c2csc(Cc3cccnc3)n2)cc1OC1CCCC1. The molecule has 1 aliphatic rings. The Morgan fingerprint density at radius 1 is 1.15 bits per heavy atom. The number of nitrogens with zero attached hydrogens (tertiary/aromatic N) is 2. The number of aromatic nitrogens is 2. The molecule has 0 amide bonds. The van der Waals surface area contributed by atoms with E-state index in [4.69, 9.17) is 14.5 Å². The molecule has 3 aromatic rings. The first-order valence-electron chi connectivity index (χ1n) is 9.00.